The van der Waals surface area contributed by atoms with Crippen LogP contribution in [0.2, 0.25) is 0 Å². The lowest BCUT2D eigenvalue weighted by Crippen LogP contribution is -2.43. The maximum atomic E-state index is 11.8. The van der Waals surface area contributed by atoms with E-state index in [1.807, 2.05) is 6.92 Å². The molecule has 0 bridgehead atoms. The van der Waals surface area contributed by atoms with Gasteiger partial charge in [-0.2, -0.15) is 0 Å². The molecule has 2 atom stereocenters. The highest BCUT2D eigenvalue weighted by atomic mass is 35.5. The number of alkyl halides is 1. The minimum absolute atomic E-state index is 0.0919. The zero-order valence-electron chi connectivity index (χ0n) is 13.9. The standard InChI is InChI=1S/C11H19NO5.C4H7Cl/c1-11(2,3)17-10(15)12-6-7(13)5-8(12)9(14)16-4;1-4(2)3-5/h7-8,13H,5-6H2,1-4H3;1,3H2,2H3. The Morgan fingerprint density at radius 3 is 2.27 bits per heavy atom. The minimum Gasteiger partial charge on any atom is -0.467 e. The van der Waals surface area contributed by atoms with Crippen molar-refractivity contribution < 1.29 is 24.2 Å². The van der Waals surface area contributed by atoms with E-state index < -0.39 is 29.8 Å². The van der Waals surface area contributed by atoms with Crippen molar-refractivity contribution in [3.8, 4) is 0 Å². The molecule has 1 fully saturated rings. The number of aliphatic hydroxyl groups is 1. The van der Waals surface area contributed by atoms with Crippen molar-refractivity contribution in [2.75, 3.05) is 19.5 Å². The van der Waals surface area contributed by atoms with Gasteiger partial charge in [0.15, 0.2) is 0 Å². The first-order valence-electron chi connectivity index (χ1n) is 6.97. The van der Waals surface area contributed by atoms with Crippen molar-refractivity contribution in [2.45, 2.75) is 51.9 Å². The van der Waals surface area contributed by atoms with Crippen LogP contribution in [0.25, 0.3) is 0 Å². The Hall–Kier alpha value is -1.27. The molecule has 0 aromatic carbocycles. The monoisotopic (exact) mass is 335 g/mol. The smallest absolute Gasteiger partial charge is 0.411 e. The van der Waals surface area contributed by atoms with Gasteiger partial charge in [0.2, 0.25) is 0 Å². The highest BCUT2D eigenvalue weighted by Gasteiger charge is 2.41. The van der Waals surface area contributed by atoms with E-state index in [1.165, 1.54) is 12.0 Å². The van der Waals surface area contributed by atoms with Crippen molar-refractivity contribution in [1.82, 2.24) is 4.90 Å². The van der Waals surface area contributed by atoms with Crippen LogP contribution < -0.4 is 0 Å². The van der Waals surface area contributed by atoms with Crippen LogP contribution in [0, 0.1) is 0 Å². The van der Waals surface area contributed by atoms with Crippen LogP contribution in [0.4, 0.5) is 4.79 Å². The molecule has 22 heavy (non-hydrogen) atoms. The Balaban J connectivity index is 0.000000763. The summed E-state index contributed by atoms with van der Waals surface area (Å²) in [5.41, 5.74) is 0.386. The summed E-state index contributed by atoms with van der Waals surface area (Å²) in [6, 6.07) is -0.759. The summed E-state index contributed by atoms with van der Waals surface area (Å²) in [4.78, 5) is 24.5. The Kier molecular flexibility index (Phi) is 8.48. The molecule has 1 amide bonds. The van der Waals surface area contributed by atoms with E-state index in [2.05, 4.69) is 11.3 Å². The molecule has 7 heteroatoms. The first-order valence-corrected chi connectivity index (χ1v) is 7.51. The molecular weight excluding hydrogens is 310 g/mol. The third kappa shape index (κ3) is 7.66. The number of rotatable bonds is 2. The van der Waals surface area contributed by atoms with Crippen molar-refractivity contribution in [1.29, 1.82) is 0 Å². The van der Waals surface area contributed by atoms with Gasteiger partial charge < -0.3 is 14.6 Å². The van der Waals surface area contributed by atoms with E-state index in [9.17, 15) is 14.7 Å². The number of halogens is 1. The van der Waals surface area contributed by atoms with E-state index in [1.54, 1.807) is 20.8 Å². The van der Waals surface area contributed by atoms with E-state index in [0.29, 0.717) is 5.88 Å². The summed E-state index contributed by atoms with van der Waals surface area (Å²) < 4.78 is 9.76. The fourth-order valence-corrected chi connectivity index (χ4v) is 1.70. The van der Waals surface area contributed by atoms with Crippen LogP contribution in [0.5, 0.6) is 0 Å². The van der Waals surface area contributed by atoms with Crippen LogP contribution in [-0.2, 0) is 14.3 Å². The van der Waals surface area contributed by atoms with Gasteiger partial charge in [-0.15, -0.1) is 11.6 Å². The quantitative estimate of drug-likeness (QED) is 0.476. The first kappa shape index (κ1) is 20.7. The number of aliphatic hydroxyl groups excluding tert-OH is 1. The summed E-state index contributed by atoms with van der Waals surface area (Å²) in [5, 5.41) is 9.50. The number of hydrogen-bond acceptors (Lipinski definition) is 5. The Morgan fingerprint density at radius 2 is 1.91 bits per heavy atom. The second-order valence-corrected chi connectivity index (χ2v) is 6.42. The highest BCUT2D eigenvalue weighted by molar-refractivity contribution is 6.19. The van der Waals surface area contributed by atoms with E-state index in [-0.39, 0.29) is 13.0 Å². The number of methoxy groups -OCH3 is 1. The fraction of sp³-hybridized carbons (Fsp3) is 0.733. The molecule has 0 aliphatic carbocycles. The lowest BCUT2D eigenvalue weighted by atomic mass is 10.2. The molecule has 1 N–H and O–H groups in total. The summed E-state index contributed by atoms with van der Waals surface area (Å²) in [6.45, 7) is 10.8. The molecule has 6 nitrogen and oxygen atoms in total. The average Bonchev–Trinajstić information content (AvgIpc) is 2.78. The Morgan fingerprint density at radius 1 is 1.41 bits per heavy atom. The number of likely N-dealkylation sites (tertiary alicyclic amines) is 1. The molecule has 1 saturated heterocycles. The van der Waals surface area contributed by atoms with Gasteiger partial charge in [0.05, 0.1) is 19.8 Å². The van der Waals surface area contributed by atoms with E-state index in [4.69, 9.17) is 16.3 Å². The predicted octanol–water partition coefficient (Wildman–Crippen LogP) is 2.33. The molecule has 1 rings (SSSR count). The summed E-state index contributed by atoms with van der Waals surface area (Å²) >= 11 is 5.24. The summed E-state index contributed by atoms with van der Waals surface area (Å²) in [6.07, 6.45) is -1.14. The largest absolute Gasteiger partial charge is 0.467 e. The molecular formula is C15H26ClNO5. The van der Waals surface area contributed by atoms with Crippen molar-refractivity contribution in [2.24, 2.45) is 0 Å². The zero-order chi connectivity index (χ0) is 17.5. The Labute approximate surface area is 137 Å². The fourth-order valence-electron chi connectivity index (χ4n) is 1.70. The molecule has 0 aromatic heterocycles. The van der Waals surface area contributed by atoms with Crippen LogP contribution in [0.1, 0.15) is 34.1 Å². The number of amides is 1. The first-order chi connectivity index (χ1) is 10.0. The average molecular weight is 336 g/mol. The predicted molar refractivity (Wildman–Crippen MR) is 84.9 cm³/mol. The number of nitrogens with zero attached hydrogens (tertiary/aromatic N) is 1. The lowest BCUT2D eigenvalue weighted by molar-refractivity contribution is -0.145. The summed E-state index contributed by atoms with van der Waals surface area (Å²) in [7, 11) is 1.25. The number of carbonyl (C=O) groups is 2. The van der Waals surface area contributed by atoms with Crippen molar-refractivity contribution in [3.63, 3.8) is 0 Å². The normalized spacial score (nSPS) is 20.8. The van der Waals surface area contributed by atoms with Crippen LogP contribution >= 0.6 is 11.6 Å². The van der Waals surface area contributed by atoms with Crippen LogP contribution in [-0.4, -0.2) is 59.4 Å². The number of allylic oxidation sites excluding steroid dienone is 1. The van der Waals surface area contributed by atoms with E-state index in [0.717, 1.165) is 5.57 Å². The molecule has 2 unspecified atom stereocenters. The van der Waals surface area contributed by atoms with Crippen LogP contribution in [0.15, 0.2) is 12.2 Å². The maximum absolute atomic E-state index is 11.8. The zero-order valence-corrected chi connectivity index (χ0v) is 14.6. The SMILES string of the molecule is C=C(C)CCl.COC(=O)C1CC(O)CN1C(=O)OC(C)(C)C. The third-order valence-electron chi connectivity index (χ3n) is 2.61. The van der Waals surface area contributed by atoms with Gasteiger partial charge in [-0.3, -0.25) is 4.90 Å². The number of carbonyl (C=O) groups excluding carboxylic acids is 2. The molecule has 128 valence electrons. The highest BCUT2D eigenvalue weighted by Crippen LogP contribution is 2.22. The topological polar surface area (TPSA) is 76.1 Å². The van der Waals surface area contributed by atoms with Gasteiger partial charge >= 0.3 is 12.1 Å². The van der Waals surface area contributed by atoms with Crippen LogP contribution in [0.3, 0.4) is 0 Å². The van der Waals surface area contributed by atoms with Crippen molar-refractivity contribution in [3.05, 3.63) is 12.2 Å². The molecule has 0 aromatic rings. The number of esters is 1. The van der Waals surface area contributed by atoms with Gasteiger partial charge in [-0.25, -0.2) is 9.59 Å². The minimum atomic E-state index is -0.759. The second kappa shape index (κ2) is 9.00. The van der Waals surface area contributed by atoms with E-state index >= 15 is 0 Å². The molecule has 1 aliphatic heterocycles. The Bertz CT molecular complexity index is 405. The summed E-state index contributed by atoms with van der Waals surface area (Å²) in [5.74, 6) is 0.0485. The number of β-amino-alcohol motifs (C(OH)–C–C–N with tert-alkyl or cyclic N) is 1. The third-order valence-corrected chi connectivity index (χ3v) is 3.06. The second-order valence-electron chi connectivity index (χ2n) is 6.15. The van der Waals surface area contributed by atoms with Gasteiger partial charge in [0.1, 0.15) is 11.6 Å². The lowest BCUT2D eigenvalue weighted by Gasteiger charge is -2.27. The molecule has 0 saturated carbocycles. The van der Waals surface area contributed by atoms with Crippen molar-refractivity contribution >= 4 is 23.7 Å². The van der Waals surface area contributed by atoms with Gasteiger partial charge in [0.25, 0.3) is 0 Å². The molecule has 1 aliphatic rings. The molecule has 0 radical (unpaired) electrons. The number of ether oxygens (including phenoxy) is 2. The maximum Gasteiger partial charge on any atom is 0.411 e. The van der Waals surface area contributed by atoms with Gasteiger partial charge in [-0.1, -0.05) is 12.2 Å². The van der Waals surface area contributed by atoms with Gasteiger partial charge in [0, 0.05) is 12.3 Å². The number of hydrogen-bond donors (Lipinski definition) is 1. The van der Waals surface area contributed by atoms with Gasteiger partial charge in [-0.05, 0) is 27.7 Å². The molecule has 1 heterocycles. The molecule has 0 spiro atoms.